The molecule has 27 heavy (non-hydrogen) atoms. The Balaban J connectivity index is 1.50. The van der Waals surface area contributed by atoms with E-state index in [1.807, 2.05) is 0 Å². The number of amides is 2. The summed E-state index contributed by atoms with van der Waals surface area (Å²) in [6.07, 6.45) is 8.25. The van der Waals surface area contributed by atoms with Gasteiger partial charge >= 0.3 is 0 Å². The molecule has 1 aromatic heterocycles. The molecule has 0 radical (unpaired) electrons. The second-order valence-corrected chi connectivity index (χ2v) is 7.97. The van der Waals surface area contributed by atoms with Gasteiger partial charge in [-0.25, -0.2) is 0 Å². The Morgan fingerprint density at radius 1 is 1.19 bits per heavy atom. The van der Waals surface area contributed by atoms with E-state index in [1.54, 1.807) is 4.90 Å². The topological polar surface area (TPSA) is 80.1 Å². The Bertz CT molecular complexity index is 798. The Morgan fingerprint density at radius 3 is 2.67 bits per heavy atom. The number of carbonyl (C=O) groups is 2. The van der Waals surface area contributed by atoms with Crippen molar-refractivity contribution in [3.8, 4) is 5.75 Å². The zero-order chi connectivity index (χ0) is 19.0. The SMILES string of the molecule is COc1coc(C(=O)N2CCC3(CCCN(C4CCCC4)C3=O)C2)cc1=O. The van der Waals surface area contributed by atoms with Crippen LogP contribution in [0.25, 0.3) is 0 Å². The maximum absolute atomic E-state index is 13.3. The zero-order valence-electron chi connectivity index (χ0n) is 15.7. The molecule has 1 spiro atoms. The third-order valence-corrected chi connectivity index (χ3v) is 6.40. The van der Waals surface area contributed by atoms with Crippen molar-refractivity contribution in [3.05, 3.63) is 28.3 Å². The monoisotopic (exact) mass is 374 g/mol. The van der Waals surface area contributed by atoms with Crippen LogP contribution in [-0.2, 0) is 4.79 Å². The van der Waals surface area contributed by atoms with E-state index in [0.717, 1.165) is 38.5 Å². The highest BCUT2D eigenvalue weighted by Crippen LogP contribution is 2.42. The number of piperidine rings is 1. The van der Waals surface area contributed by atoms with Crippen LogP contribution in [0.3, 0.4) is 0 Å². The number of methoxy groups -OCH3 is 1. The number of carbonyl (C=O) groups excluding carboxylic acids is 2. The molecule has 3 heterocycles. The van der Waals surface area contributed by atoms with Gasteiger partial charge in [0.25, 0.3) is 5.91 Å². The van der Waals surface area contributed by atoms with Gasteiger partial charge in [0.1, 0.15) is 6.26 Å². The molecule has 4 rings (SSSR count). The molecule has 2 aliphatic heterocycles. The summed E-state index contributed by atoms with van der Waals surface area (Å²) in [5.74, 6) is -0.0579. The van der Waals surface area contributed by atoms with E-state index >= 15 is 0 Å². The first kappa shape index (κ1) is 18.1. The van der Waals surface area contributed by atoms with Gasteiger partial charge in [-0.3, -0.25) is 14.4 Å². The van der Waals surface area contributed by atoms with Gasteiger partial charge in [0.15, 0.2) is 5.76 Å². The Hall–Kier alpha value is -2.31. The van der Waals surface area contributed by atoms with Crippen LogP contribution in [0.15, 0.2) is 21.5 Å². The van der Waals surface area contributed by atoms with Crippen LogP contribution in [0, 0.1) is 5.41 Å². The van der Waals surface area contributed by atoms with Gasteiger partial charge < -0.3 is 19.0 Å². The highest BCUT2D eigenvalue weighted by atomic mass is 16.5. The van der Waals surface area contributed by atoms with Crippen molar-refractivity contribution in [2.24, 2.45) is 5.41 Å². The van der Waals surface area contributed by atoms with Gasteiger partial charge in [-0.2, -0.15) is 0 Å². The van der Waals surface area contributed by atoms with Crippen molar-refractivity contribution in [1.29, 1.82) is 0 Å². The van der Waals surface area contributed by atoms with Crippen LogP contribution in [0.2, 0.25) is 0 Å². The minimum absolute atomic E-state index is 0.00578. The van der Waals surface area contributed by atoms with E-state index < -0.39 is 5.41 Å². The fourth-order valence-corrected chi connectivity index (χ4v) is 4.91. The smallest absolute Gasteiger partial charge is 0.289 e. The van der Waals surface area contributed by atoms with Crippen LogP contribution in [-0.4, -0.2) is 54.4 Å². The molecule has 3 aliphatic rings. The number of nitrogens with zero attached hydrogens (tertiary/aromatic N) is 2. The molecule has 7 heteroatoms. The Morgan fingerprint density at radius 2 is 1.96 bits per heavy atom. The van der Waals surface area contributed by atoms with Gasteiger partial charge in [-0.05, 0) is 32.1 Å². The molecule has 146 valence electrons. The summed E-state index contributed by atoms with van der Waals surface area (Å²) in [5, 5.41) is 0. The van der Waals surface area contributed by atoms with Crippen LogP contribution in [0.1, 0.15) is 55.5 Å². The summed E-state index contributed by atoms with van der Waals surface area (Å²) in [6, 6.07) is 1.54. The maximum atomic E-state index is 13.3. The summed E-state index contributed by atoms with van der Waals surface area (Å²) in [4.78, 5) is 41.7. The van der Waals surface area contributed by atoms with E-state index in [0.29, 0.717) is 25.6 Å². The lowest BCUT2D eigenvalue weighted by molar-refractivity contribution is -0.148. The van der Waals surface area contributed by atoms with Crippen molar-refractivity contribution >= 4 is 11.8 Å². The minimum atomic E-state index is -0.469. The molecule has 7 nitrogen and oxygen atoms in total. The van der Waals surface area contributed by atoms with Gasteiger partial charge in [-0.1, -0.05) is 12.8 Å². The maximum Gasteiger partial charge on any atom is 0.289 e. The van der Waals surface area contributed by atoms with E-state index in [4.69, 9.17) is 9.15 Å². The first-order valence-electron chi connectivity index (χ1n) is 9.81. The molecule has 1 unspecified atom stereocenters. The highest BCUT2D eigenvalue weighted by molar-refractivity contribution is 5.93. The molecule has 1 aromatic rings. The van der Waals surface area contributed by atoms with Crippen LogP contribution in [0.4, 0.5) is 0 Å². The van der Waals surface area contributed by atoms with Crippen molar-refractivity contribution in [1.82, 2.24) is 9.80 Å². The van der Waals surface area contributed by atoms with Crippen LogP contribution in [0.5, 0.6) is 5.75 Å². The highest BCUT2D eigenvalue weighted by Gasteiger charge is 2.51. The zero-order valence-corrected chi connectivity index (χ0v) is 15.7. The van der Waals surface area contributed by atoms with E-state index in [1.165, 1.54) is 26.0 Å². The summed E-state index contributed by atoms with van der Waals surface area (Å²) in [5.41, 5.74) is -0.856. The van der Waals surface area contributed by atoms with Crippen molar-refractivity contribution in [2.45, 2.75) is 51.0 Å². The largest absolute Gasteiger partial charge is 0.490 e. The molecule has 3 fully saturated rings. The average molecular weight is 374 g/mol. The predicted octanol–water partition coefficient (Wildman–Crippen LogP) is 2.05. The molecule has 1 atom stereocenters. The number of hydrogen-bond acceptors (Lipinski definition) is 5. The molecule has 0 bridgehead atoms. The van der Waals surface area contributed by atoms with Crippen molar-refractivity contribution in [2.75, 3.05) is 26.7 Å². The van der Waals surface area contributed by atoms with E-state index in [9.17, 15) is 14.4 Å². The molecule has 0 N–H and O–H groups in total. The molecule has 2 amide bonds. The molecule has 0 aromatic carbocycles. The van der Waals surface area contributed by atoms with Gasteiger partial charge in [0.2, 0.25) is 17.1 Å². The van der Waals surface area contributed by atoms with Gasteiger partial charge in [0.05, 0.1) is 12.5 Å². The Labute approximate surface area is 158 Å². The molecular formula is C20H26N2O5. The summed E-state index contributed by atoms with van der Waals surface area (Å²) in [6.45, 7) is 1.76. The molecule has 2 saturated heterocycles. The van der Waals surface area contributed by atoms with Crippen LogP contribution >= 0.6 is 0 Å². The first-order chi connectivity index (χ1) is 13.0. The lowest BCUT2D eigenvalue weighted by Gasteiger charge is -2.42. The second kappa shape index (κ2) is 7.02. The first-order valence-corrected chi connectivity index (χ1v) is 9.81. The summed E-state index contributed by atoms with van der Waals surface area (Å²) in [7, 11) is 1.38. The third-order valence-electron chi connectivity index (χ3n) is 6.40. The average Bonchev–Trinajstić information content (AvgIpc) is 3.34. The number of ether oxygens (including phenoxy) is 1. The second-order valence-electron chi connectivity index (χ2n) is 7.97. The molecular weight excluding hydrogens is 348 g/mol. The summed E-state index contributed by atoms with van der Waals surface area (Å²) >= 11 is 0. The standard InChI is InChI=1S/C20H26N2O5/c1-26-17-12-27-16(11-15(17)23)18(24)21-10-8-20(13-21)7-4-9-22(19(20)25)14-5-2-3-6-14/h11-12,14H,2-10,13H2,1H3. The van der Waals surface area contributed by atoms with E-state index in [2.05, 4.69) is 4.90 Å². The Kier molecular flexibility index (Phi) is 4.70. The van der Waals surface area contributed by atoms with Crippen LogP contribution < -0.4 is 10.2 Å². The normalized spacial score (nSPS) is 26.2. The number of rotatable bonds is 3. The third kappa shape index (κ3) is 3.13. The fourth-order valence-electron chi connectivity index (χ4n) is 4.91. The lowest BCUT2D eigenvalue weighted by atomic mass is 9.77. The van der Waals surface area contributed by atoms with E-state index in [-0.39, 0.29) is 28.8 Å². The lowest BCUT2D eigenvalue weighted by Crippen LogP contribution is -2.53. The number of hydrogen-bond donors (Lipinski definition) is 0. The minimum Gasteiger partial charge on any atom is -0.490 e. The molecule has 1 aliphatic carbocycles. The fraction of sp³-hybridized carbons (Fsp3) is 0.650. The van der Waals surface area contributed by atoms with Gasteiger partial charge in [-0.15, -0.1) is 0 Å². The quantitative estimate of drug-likeness (QED) is 0.809. The van der Waals surface area contributed by atoms with Crippen molar-refractivity contribution in [3.63, 3.8) is 0 Å². The molecule has 1 saturated carbocycles. The van der Waals surface area contributed by atoms with Crippen molar-refractivity contribution < 1.29 is 18.7 Å². The van der Waals surface area contributed by atoms with Gasteiger partial charge in [0, 0.05) is 31.7 Å². The predicted molar refractivity (Wildman–Crippen MR) is 97.7 cm³/mol. The summed E-state index contributed by atoms with van der Waals surface area (Å²) < 4.78 is 10.2. The number of likely N-dealkylation sites (tertiary alicyclic amines) is 2.